The Morgan fingerprint density at radius 3 is 2.55 bits per heavy atom. The molecule has 0 radical (unpaired) electrons. The van der Waals surface area contributed by atoms with Crippen LogP contribution >= 0.6 is 11.6 Å². The van der Waals surface area contributed by atoms with Crippen LogP contribution in [0.5, 0.6) is 0 Å². The zero-order chi connectivity index (χ0) is 15.3. The largest absolute Gasteiger partial charge is 0.480 e. The first-order valence-electron chi connectivity index (χ1n) is 6.33. The Hall–Kier alpha value is -1.59. The molecular formula is C14H19ClN2O3. The van der Waals surface area contributed by atoms with Crippen LogP contribution in [0.4, 0.5) is 5.69 Å². The molecule has 6 heteroatoms. The predicted molar refractivity (Wildman–Crippen MR) is 79.2 cm³/mol. The fourth-order valence-corrected chi connectivity index (χ4v) is 1.68. The molecule has 1 amide bonds. The quantitative estimate of drug-likeness (QED) is 0.754. The van der Waals surface area contributed by atoms with E-state index in [9.17, 15) is 9.59 Å². The van der Waals surface area contributed by atoms with Crippen molar-refractivity contribution in [3.05, 3.63) is 28.8 Å². The summed E-state index contributed by atoms with van der Waals surface area (Å²) in [5, 5.41) is 15.1. The van der Waals surface area contributed by atoms with Gasteiger partial charge in [0.25, 0.3) is 0 Å². The predicted octanol–water partition coefficient (Wildman–Crippen LogP) is 2.43. The van der Waals surface area contributed by atoms with Gasteiger partial charge in [0.1, 0.15) is 5.54 Å². The molecular weight excluding hydrogens is 280 g/mol. The van der Waals surface area contributed by atoms with Crippen LogP contribution in [-0.2, 0) is 9.59 Å². The van der Waals surface area contributed by atoms with Gasteiger partial charge in [0.05, 0.1) is 6.54 Å². The fraction of sp³-hybridized carbons (Fsp3) is 0.429. The Morgan fingerprint density at radius 1 is 1.40 bits per heavy atom. The standard InChI is InChI=1S/C14H19ClN2O3/c1-4-14(3,13(19)20)16-8-12(18)17-10-6-5-9(2)11(15)7-10/h5-7,16H,4,8H2,1-3H3,(H,17,18)(H,19,20). The summed E-state index contributed by atoms with van der Waals surface area (Å²) in [5.74, 6) is -1.29. The number of anilines is 1. The molecule has 0 fully saturated rings. The molecule has 0 heterocycles. The Labute approximate surface area is 123 Å². The fourth-order valence-electron chi connectivity index (χ4n) is 1.50. The van der Waals surface area contributed by atoms with E-state index in [1.165, 1.54) is 0 Å². The van der Waals surface area contributed by atoms with Crippen LogP contribution in [0.1, 0.15) is 25.8 Å². The molecule has 1 unspecified atom stereocenters. The van der Waals surface area contributed by atoms with E-state index >= 15 is 0 Å². The van der Waals surface area contributed by atoms with Crippen molar-refractivity contribution >= 4 is 29.2 Å². The number of amides is 1. The van der Waals surface area contributed by atoms with Crippen molar-refractivity contribution in [3.8, 4) is 0 Å². The molecule has 0 bridgehead atoms. The second-order valence-electron chi connectivity index (χ2n) is 4.86. The molecule has 0 saturated carbocycles. The highest BCUT2D eigenvalue weighted by atomic mass is 35.5. The maximum atomic E-state index is 11.8. The van der Waals surface area contributed by atoms with Crippen LogP contribution in [0.25, 0.3) is 0 Å². The van der Waals surface area contributed by atoms with Crippen molar-refractivity contribution in [2.75, 3.05) is 11.9 Å². The van der Waals surface area contributed by atoms with Gasteiger partial charge < -0.3 is 10.4 Å². The molecule has 0 aliphatic carbocycles. The van der Waals surface area contributed by atoms with E-state index in [-0.39, 0.29) is 12.5 Å². The molecule has 110 valence electrons. The highest BCUT2D eigenvalue weighted by Crippen LogP contribution is 2.19. The van der Waals surface area contributed by atoms with Crippen LogP contribution < -0.4 is 10.6 Å². The lowest BCUT2D eigenvalue weighted by atomic mass is 9.99. The number of nitrogens with one attached hydrogen (secondary N) is 2. The SMILES string of the molecule is CCC(C)(NCC(=O)Nc1ccc(C)c(Cl)c1)C(=O)O. The third-order valence-electron chi connectivity index (χ3n) is 3.27. The number of rotatable bonds is 6. The first kappa shape index (κ1) is 16.5. The summed E-state index contributed by atoms with van der Waals surface area (Å²) < 4.78 is 0. The lowest BCUT2D eigenvalue weighted by molar-refractivity contribution is -0.144. The number of benzene rings is 1. The topological polar surface area (TPSA) is 78.4 Å². The van der Waals surface area contributed by atoms with Gasteiger partial charge in [-0.15, -0.1) is 0 Å². The van der Waals surface area contributed by atoms with Gasteiger partial charge in [-0.05, 0) is 38.0 Å². The zero-order valence-corrected chi connectivity index (χ0v) is 12.5. The molecule has 3 N–H and O–H groups in total. The number of carbonyl (C=O) groups excluding carboxylic acids is 1. The smallest absolute Gasteiger partial charge is 0.323 e. The van der Waals surface area contributed by atoms with Crippen molar-refractivity contribution in [1.29, 1.82) is 0 Å². The van der Waals surface area contributed by atoms with Gasteiger partial charge in [-0.25, -0.2) is 0 Å². The van der Waals surface area contributed by atoms with Gasteiger partial charge >= 0.3 is 5.97 Å². The van der Waals surface area contributed by atoms with Gasteiger partial charge in [-0.3, -0.25) is 14.9 Å². The molecule has 1 aromatic carbocycles. The van der Waals surface area contributed by atoms with E-state index in [0.717, 1.165) is 5.56 Å². The summed E-state index contributed by atoms with van der Waals surface area (Å²) in [6.45, 7) is 5.08. The third-order valence-corrected chi connectivity index (χ3v) is 3.68. The summed E-state index contributed by atoms with van der Waals surface area (Å²) in [6.07, 6.45) is 0.381. The average Bonchev–Trinajstić information content (AvgIpc) is 2.40. The maximum absolute atomic E-state index is 11.8. The first-order valence-corrected chi connectivity index (χ1v) is 6.70. The second kappa shape index (κ2) is 6.72. The van der Waals surface area contributed by atoms with Gasteiger partial charge in [0, 0.05) is 10.7 Å². The Morgan fingerprint density at radius 2 is 2.05 bits per heavy atom. The third kappa shape index (κ3) is 4.21. The first-order chi connectivity index (χ1) is 9.28. The molecule has 1 atom stereocenters. The number of aryl methyl sites for hydroxylation is 1. The molecule has 5 nitrogen and oxygen atoms in total. The van der Waals surface area contributed by atoms with Crippen molar-refractivity contribution in [2.24, 2.45) is 0 Å². The van der Waals surface area contributed by atoms with E-state index in [1.54, 1.807) is 32.0 Å². The van der Waals surface area contributed by atoms with Crippen LogP contribution in [0.3, 0.4) is 0 Å². The molecule has 1 rings (SSSR count). The number of hydrogen-bond donors (Lipinski definition) is 3. The van der Waals surface area contributed by atoms with Gasteiger partial charge in [-0.2, -0.15) is 0 Å². The van der Waals surface area contributed by atoms with Crippen molar-refractivity contribution in [2.45, 2.75) is 32.7 Å². The minimum absolute atomic E-state index is 0.0812. The highest BCUT2D eigenvalue weighted by molar-refractivity contribution is 6.31. The average molecular weight is 299 g/mol. The molecule has 0 aromatic heterocycles. The minimum atomic E-state index is -1.11. The van der Waals surface area contributed by atoms with E-state index in [4.69, 9.17) is 16.7 Å². The molecule has 0 saturated heterocycles. The van der Waals surface area contributed by atoms with E-state index < -0.39 is 11.5 Å². The summed E-state index contributed by atoms with van der Waals surface area (Å²) in [4.78, 5) is 22.9. The lowest BCUT2D eigenvalue weighted by Crippen LogP contribution is -2.51. The monoisotopic (exact) mass is 298 g/mol. The van der Waals surface area contributed by atoms with Crippen molar-refractivity contribution in [1.82, 2.24) is 5.32 Å². The van der Waals surface area contributed by atoms with Gasteiger partial charge in [0.2, 0.25) is 5.91 Å². The van der Waals surface area contributed by atoms with Crippen LogP contribution in [0.2, 0.25) is 5.02 Å². The van der Waals surface area contributed by atoms with Crippen LogP contribution in [-0.4, -0.2) is 29.1 Å². The van der Waals surface area contributed by atoms with Crippen LogP contribution in [0, 0.1) is 6.92 Å². The molecule has 20 heavy (non-hydrogen) atoms. The maximum Gasteiger partial charge on any atom is 0.323 e. The molecule has 0 aliphatic rings. The van der Waals surface area contributed by atoms with Gasteiger partial charge in [-0.1, -0.05) is 24.6 Å². The van der Waals surface area contributed by atoms with E-state index in [0.29, 0.717) is 17.1 Å². The number of aliphatic carboxylic acids is 1. The summed E-state index contributed by atoms with van der Waals surface area (Å²) in [5.41, 5.74) is 0.399. The van der Waals surface area contributed by atoms with E-state index in [2.05, 4.69) is 10.6 Å². The zero-order valence-electron chi connectivity index (χ0n) is 11.8. The number of hydrogen-bond acceptors (Lipinski definition) is 3. The summed E-state index contributed by atoms with van der Waals surface area (Å²) >= 11 is 5.97. The number of carbonyl (C=O) groups is 2. The number of carboxylic acid groups (broad SMARTS) is 1. The Kier molecular flexibility index (Phi) is 5.53. The molecule has 0 spiro atoms. The normalized spacial score (nSPS) is 13.6. The minimum Gasteiger partial charge on any atom is -0.480 e. The summed E-state index contributed by atoms with van der Waals surface area (Å²) in [6, 6.07) is 5.21. The lowest BCUT2D eigenvalue weighted by Gasteiger charge is -2.24. The second-order valence-corrected chi connectivity index (χ2v) is 5.26. The van der Waals surface area contributed by atoms with Crippen molar-refractivity contribution < 1.29 is 14.7 Å². The number of halogens is 1. The Balaban J connectivity index is 2.60. The Bertz CT molecular complexity index is 519. The van der Waals surface area contributed by atoms with Gasteiger partial charge in [0.15, 0.2) is 0 Å². The van der Waals surface area contributed by atoms with Crippen molar-refractivity contribution in [3.63, 3.8) is 0 Å². The van der Waals surface area contributed by atoms with E-state index in [1.807, 2.05) is 6.92 Å². The molecule has 1 aromatic rings. The molecule has 0 aliphatic heterocycles. The highest BCUT2D eigenvalue weighted by Gasteiger charge is 2.30. The van der Waals surface area contributed by atoms with Crippen LogP contribution in [0.15, 0.2) is 18.2 Å². The summed E-state index contributed by atoms with van der Waals surface area (Å²) in [7, 11) is 0. The number of carboxylic acids is 1.